The number of hydrogen-bond donors (Lipinski definition) is 4. The van der Waals surface area contributed by atoms with Crippen LogP contribution in [0.15, 0.2) is 93.3 Å². The first-order valence-corrected chi connectivity index (χ1v) is 15.0. The third-order valence-electron chi connectivity index (χ3n) is 4.59. The lowest BCUT2D eigenvalue weighted by Gasteiger charge is -2.10. The van der Waals surface area contributed by atoms with Gasteiger partial charge in [0.05, 0.1) is 19.5 Å². The number of rotatable bonds is 10. The first-order chi connectivity index (χ1) is 17.6. The van der Waals surface area contributed by atoms with Crippen molar-refractivity contribution in [3.05, 3.63) is 93.3 Å². The van der Waals surface area contributed by atoms with Crippen LogP contribution in [0.25, 0.3) is 0 Å². The van der Waals surface area contributed by atoms with Crippen LogP contribution in [0.5, 0.6) is 11.5 Å². The molecule has 2 aromatic carbocycles. The Morgan fingerprint density at radius 1 is 0.595 bits per heavy atom. The lowest BCUT2D eigenvalue weighted by Crippen LogP contribution is -2.41. The Labute approximate surface area is 220 Å². The summed E-state index contributed by atoms with van der Waals surface area (Å²) in [4.78, 5) is 28.4. The maximum absolute atomic E-state index is 12.4. The van der Waals surface area contributed by atoms with E-state index in [4.69, 9.17) is 4.74 Å². The summed E-state index contributed by atoms with van der Waals surface area (Å²) < 4.78 is 55.3. The van der Waals surface area contributed by atoms with E-state index in [0.29, 0.717) is 21.3 Å². The molecule has 0 spiro atoms. The number of benzene rings is 2. The van der Waals surface area contributed by atoms with Gasteiger partial charge in [0.25, 0.3) is 31.9 Å². The Hall–Kier alpha value is -3.60. The molecule has 0 unspecified atom stereocenters. The van der Waals surface area contributed by atoms with E-state index in [1.807, 2.05) is 9.66 Å². The number of amides is 2. The molecule has 11 nitrogen and oxygen atoms in total. The maximum atomic E-state index is 12.4. The van der Waals surface area contributed by atoms with Crippen LogP contribution in [0.1, 0.15) is 19.3 Å². The zero-order valence-electron chi connectivity index (χ0n) is 18.6. The van der Waals surface area contributed by atoms with Gasteiger partial charge in [-0.1, -0.05) is 12.1 Å². The molecule has 4 aromatic rings. The minimum atomic E-state index is -4.02. The van der Waals surface area contributed by atoms with Crippen LogP contribution >= 0.6 is 22.7 Å². The average molecular weight is 579 g/mol. The topological polar surface area (TPSA) is 160 Å². The normalized spacial score (nSPS) is 11.6. The molecule has 0 saturated carbocycles. The molecule has 0 saturated heterocycles. The van der Waals surface area contributed by atoms with Crippen molar-refractivity contribution in [2.75, 3.05) is 0 Å². The van der Waals surface area contributed by atoms with Gasteiger partial charge in [0.15, 0.2) is 0 Å². The van der Waals surface area contributed by atoms with Crippen molar-refractivity contribution in [3.63, 3.8) is 0 Å². The Balaban J connectivity index is 1.34. The molecule has 0 aliphatic carbocycles. The summed E-state index contributed by atoms with van der Waals surface area (Å²) >= 11 is 2.34. The summed E-state index contributed by atoms with van der Waals surface area (Å²) in [5.41, 5.74) is 4.29. The molecule has 4 N–H and O–H groups in total. The molecule has 192 valence electrons. The van der Waals surface area contributed by atoms with Crippen LogP contribution < -0.4 is 25.3 Å². The van der Waals surface area contributed by atoms with Gasteiger partial charge in [0, 0.05) is 0 Å². The van der Waals surface area contributed by atoms with Crippen molar-refractivity contribution in [2.24, 2.45) is 0 Å². The van der Waals surface area contributed by atoms with Gasteiger partial charge in [-0.15, -0.1) is 32.3 Å². The Morgan fingerprint density at radius 2 is 0.973 bits per heavy atom. The fourth-order valence-electron chi connectivity index (χ4n) is 2.79. The SMILES string of the molecule is O=C(NNS(=O)(=O)c1ccc(Oc2ccc(S(=O)(=O)NNC(=O)c3cccs3)cc2)cc1)c1cccs1. The van der Waals surface area contributed by atoms with E-state index < -0.39 is 31.9 Å². The molecule has 37 heavy (non-hydrogen) atoms. The highest BCUT2D eigenvalue weighted by molar-refractivity contribution is 7.89. The van der Waals surface area contributed by atoms with Gasteiger partial charge in [-0.05, 0) is 71.4 Å². The van der Waals surface area contributed by atoms with Crippen molar-refractivity contribution >= 4 is 54.5 Å². The molecular weight excluding hydrogens is 561 g/mol. The molecular formula is C22H18N4O7S4. The van der Waals surface area contributed by atoms with E-state index in [9.17, 15) is 26.4 Å². The fourth-order valence-corrected chi connectivity index (χ4v) is 5.71. The first kappa shape index (κ1) is 26.5. The Bertz CT molecular complexity index is 1460. The summed E-state index contributed by atoms with van der Waals surface area (Å²) in [6.45, 7) is 0. The quantitative estimate of drug-likeness (QED) is 0.211. The number of hydrogen-bond acceptors (Lipinski definition) is 9. The molecule has 0 aliphatic heterocycles. The lowest BCUT2D eigenvalue weighted by molar-refractivity contribution is 0.0941. The number of sulfonamides is 2. The molecule has 2 heterocycles. The molecule has 2 aromatic heterocycles. The van der Waals surface area contributed by atoms with Crippen LogP contribution in [0.2, 0.25) is 0 Å². The molecule has 15 heteroatoms. The van der Waals surface area contributed by atoms with Crippen molar-refractivity contribution < 1.29 is 31.2 Å². The third-order valence-corrected chi connectivity index (χ3v) is 8.86. The number of thiophene rings is 2. The Morgan fingerprint density at radius 3 is 1.30 bits per heavy atom. The van der Waals surface area contributed by atoms with Crippen molar-refractivity contribution in [3.8, 4) is 11.5 Å². The number of nitrogens with one attached hydrogen (secondary N) is 4. The number of carbonyl (C=O) groups excluding carboxylic acids is 2. The monoisotopic (exact) mass is 578 g/mol. The van der Waals surface area contributed by atoms with E-state index in [-0.39, 0.29) is 9.79 Å². The summed E-state index contributed by atoms with van der Waals surface area (Å²) in [5, 5.41) is 3.39. The predicted molar refractivity (Wildman–Crippen MR) is 137 cm³/mol. The van der Waals surface area contributed by atoms with Crippen molar-refractivity contribution in [2.45, 2.75) is 9.79 Å². The number of hydrazine groups is 2. The zero-order valence-corrected chi connectivity index (χ0v) is 21.8. The van der Waals surface area contributed by atoms with E-state index in [1.165, 1.54) is 71.2 Å². The highest BCUT2D eigenvalue weighted by Gasteiger charge is 2.18. The minimum absolute atomic E-state index is 0.108. The second kappa shape index (κ2) is 11.2. The Kier molecular flexibility index (Phi) is 8.01. The van der Waals surface area contributed by atoms with E-state index in [1.54, 1.807) is 35.0 Å². The lowest BCUT2D eigenvalue weighted by atomic mass is 10.3. The second-order valence-corrected chi connectivity index (χ2v) is 12.4. The van der Waals surface area contributed by atoms with Crippen LogP contribution in [0.3, 0.4) is 0 Å². The molecule has 0 atom stereocenters. The van der Waals surface area contributed by atoms with E-state index in [0.717, 1.165) is 0 Å². The zero-order chi connectivity index (χ0) is 26.5. The van der Waals surface area contributed by atoms with Crippen molar-refractivity contribution in [1.82, 2.24) is 20.5 Å². The molecule has 0 aliphatic rings. The molecule has 0 bridgehead atoms. The van der Waals surface area contributed by atoms with Crippen LogP contribution in [0, 0.1) is 0 Å². The van der Waals surface area contributed by atoms with Crippen molar-refractivity contribution in [1.29, 1.82) is 0 Å². The highest BCUT2D eigenvalue weighted by atomic mass is 32.2. The van der Waals surface area contributed by atoms with Gasteiger partial charge in [-0.3, -0.25) is 20.4 Å². The summed E-state index contributed by atoms with van der Waals surface area (Å²) in [7, 11) is -8.04. The van der Waals surface area contributed by atoms with Gasteiger partial charge in [0.1, 0.15) is 11.5 Å². The fraction of sp³-hybridized carbons (Fsp3) is 0. The maximum Gasteiger partial charge on any atom is 0.276 e. The standard InChI is InChI=1S/C22H18N4O7S4/c27-21(19-3-1-13-34-19)23-25-36(29,30)17-9-5-15(6-10-17)33-16-7-11-18(12-8-16)37(31,32)26-24-22(28)20-4-2-14-35-20/h1-14,25-26H,(H,23,27)(H,24,28). The molecule has 2 amide bonds. The van der Waals surface area contributed by atoms with E-state index in [2.05, 4.69) is 10.9 Å². The summed E-state index contributed by atoms with van der Waals surface area (Å²) in [5.74, 6) is -0.579. The second-order valence-electron chi connectivity index (χ2n) is 7.12. The summed E-state index contributed by atoms with van der Waals surface area (Å²) in [6, 6.07) is 17.2. The van der Waals surface area contributed by atoms with Crippen LogP contribution in [-0.4, -0.2) is 28.6 Å². The number of carbonyl (C=O) groups is 2. The van der Waals surface area contributed by atoms with Gasteiger partial charge in [0.2, 0.25) is 0 Å². The van der Waals surface area contributed by atoms with Crippen LogP contribution in [0.4, 0.5) is 0 Å². The third kappa shape index (κ3) is 6.79. The first-order valence-electron chi connectivity index (χ1n) is 10.2. The van der Waals surface area contributed by atoms with Gasteiger partial charge < -0.3 is 4.74 Å². The van der Waals surface area contributed by atoms with Gasteiger partial charge in [-0.25, -0.2) is 16.8 Å². The molecule has 4 rings (SSSR count). The molecule has 0 radical (unpaired) electrons. The largest absolute Gasteiger partial charge is 0.457 e. The highest BCUT2D eigenvalue weighted by Crippen LogP contribution is 2.24. The summed E-state index contributed by atoms with van der Waals surface area (Å²) in [6.07, 6.45) is 0. The molecule has 0 fully saturated rings. The van der Waals surface area contributed by atoms with Crippen LogP contribution in [-0.2, 0) is 20.0 Å². The predicted octanol–water partition coefficient (Wildman–Crippen LogP) is 2.85. The van der Waals surface area contributed by atoms with Gasteiger partial charge in [-0.2, -0.15) is 0 Å². The smallest absolute Gasteiger partial charge is 0.276 e. The van der Waals surface area contributed by atoms with Gasteiger partial charge >= 0.3 is 0 Å². The number of ether oxygens (including phenoxy) is 1. The minimum Gasteiger partial charge on any atom is -0.457 e. The van der Waals surface area contributed by atoms with E-state index >= 15 is 0 Å². The average Bonchev–Trinajstić information content (AvgIpc) is 3.62.